The zero-order chi connectivity index (χ0) is 15.2. The van der Waals surface area contributed by atoms with Gasteiger partial charge in [0.25, 0.3) is 0 Å². The largest absolute Gasteiger partial charge is 0.349 e. The number of nitriles is 1. The second-order valence-electron chi connectivity index (χ2n) is 5.52. The minimum absolute atomic E-state index is 0.362. The van der Waals surface area contributed by atoms with E-state index in [9.17, 15) is 0 Å². The van der Waals surface area contributed by atoms with Crippen molar-refractivity contribution in [3.8, 4) is 6.07 Å². The quantitative estimate of drug-likeness (QED) is 0.885. The number of hydrogen-bond acceptors (Lipinski definition) is 3. The maximum absolute atomic E-state index is 9.10. The standard InChI is InChI=1S/C17H22N4/c1-4-19-17(13(2)3)15-7-9-21(12-15)11-14-6-5-8-20-16(14)10-18/h5-9,12-13,17,19H,4,11H2,1-3H3. The molecule has 110 valence electrons. The third-order valence-electron chi connectivity index (χ3n) is 3.57. The average Bonchev–Trinajstić information content (AvgIpc) is 2.93. The Morgan fingerprint density at radius 1 is 1.38 bits per heavy atom. The van der Waals surface area contributed by atoms with Crippen molar-refractivity contribution in [1.29, 1.82) is 5.26 Å². The van der Waals surface area contributed by atoms with Gasteiger partial charge in [-0.05, 0) is 30.2 Å². The first-order valence-corrected chi connectivity index (χ1v) is 7.38. The molecule has 0 fully saturated rings. The number of nitrogens with one attached hydrogen (secondary N) is 1. The Bertz CT molecular complexity index is 622. The lowest BCUT2D eigenvalue weighted by Crippen LogP contribution is -2.25. The van der Waals surface area contributed by atoms with Crippen molar-refractivity contribution in [3.63, 3.8) is 0 Å². The Kier molecular flexibility index (Phi) is 5.13. The van der Waals surface area contributed by atoms with Gasteiger partial charge in [-0.3, -0.25) is 0 Å². The molecule has 2 aromatic rings. The Morgan fingerprint density at radius 3 is 2.86 bits per heavy atom. The molecule has 1 atom stereocenters. The van der Waals surface area contributed by atoms with Crippen molar-refractivity contribution in [2.75, 3.05) is 6.54 Å². The predicted molar refractivity (Wildman–Crippen MR) is 83.7 cm³/mol. The number of pyridine rings is 1. The molecule has 2 aromatic heterocycles. The SMILES string of the molecule is CCNC(c1ccn(Cc2cccnc2C#N)c1)C(C)C. The molecule has 2 rings (SSSR count). The van der Waals surface area contributed by atoms with E-state index in [4.69, 9.17) is 5.26 Å². The van der Waals surface area contributed by atoms with Crippen LogP contribution in [0.1, 0.15) is 43.6 Å². The molecule has 4 nitrogen and oxygen atoms in total. The van der Waals surface area contributed by atoms with Crippen LogP contribution in [0.25, 0.3) is 0 Å². The molecule has 21 heavy (non-hydrogen) atoms. The molecular formula is C17H22N4. The monoisotopic (exact) mass is 282 g/mol. The molecule has 1 unspecified atom stereocenters. The van der Waals surface area contributed by atoms with Crippen LogP contribution in [-0.2, 0) is 6.54 Å². The molecule has 0 saturated carbocycles. The highest BCUT2D eigenvalue weighted by Gasteiger charge is 2.15. The van der Waals surface area contributed by atoms with Crippen LogP contribution in [0.3, 0.4) is 0 Å². The second-order valence-corrected chi connectivity index (χ2v) is 5.52. The first kappa shape index (κ1) is 15.3. The van der Waals surface area contributed by atoms with Crippen molar-refractivity contribution < 1.29 is 0 Å². The highest BCUT2D eigenvalue weighted by molar-refractivity contribution is 5.31. The summed E-state index contributed by atoms with van der Waals surface area (Å²) in [5.41, 5.74) is 2.74. The zero-order valence-corrected chi connectivity index (χ0v) is 12.9. The van der Waals surface area contributed by atoms with Crippen LogP contribution >= 0.6 is 0 Å². The van der Waals surface area contributed by atoms with Gasteiger partial charge < -0.3 is 9.88 Å². The lowest BCUT2D eigenvalue weighted by molar-refractivity contribution is 0.421. The van der Waals surface area contributed by atoms with Crippen LogP contribution in [0.2, 0.25) is 0 Å². The fraction of sp³-hybridized carbons (Fsp3) is 0.412. The zero-order valence-electron chi connectivity index (χ0n) is 12.9. The van der Waals surface area contributed by atoms with E-state index in [0.29, 0.717) is 24.2 Å². The van der Waals surface area contributed by atoms with E-state index >= 15 is 0 Å². The van der Waals surface area contributed by atoms with E-state index < -0.39 is 0 Å². The lowest BCUT2D eigenvalue weighted by Gasteiger charge is -2.20. The number of rotatable bonds is 6. The van der Waals surface area contributed by atoms with E-state index in [1.807, 2.05) is 12.1 Å². The van der Waals surface area contributed by atoms with Crippen LogP contribution < -0.4 is 5.32 Å². The molecule has 2 heterocycles. The molecular weight excluding hydrogens is 260 g/mol. The lowest BCUT2D eigenvalue weighted by atomic mass is 9.98. The average molecular weight is 282 g/mol. The van der Waals surface area contributed by atoms with E-state index in [1.165, 1.54) is 5.56 Å². The summed E-state index contributed by atoms with van der Waals surface area (Å²) in [5.74, 6) is 0.536. The van der Waals surface area contributed by atoms with Crippen LogP contribution in [-0.4, -0.2) is 16.1 Å². The highest BCUT2D eigenvalue weighted by Crippen LogP contribution is 2.22. The molecule has 0 spiro atoms. The van der Waals surface area contributed by atoms with Gasteiger partial charge in [-0.1, -0.05) is 26.8 Å². The fourth-order valence-corrected chi connectivity index (χ4v) is 2.56. The fourth-order valence-electron chi connectivity index (χ4n) is 2.56. The summed E-state index contributed by atoms with van der Waals surface area (Å²) in [6.07, 6.45) is 5.88. The summed E-state index contributed by atoms with van der Waals surface area (Å²) in [7, 11) is 0. The molecule has 1 N–H and O–H groups in total. The Balaban J connectivity index is 2.18. The first-order chi connectivity index (χ1) is 10.2. The summed E-state index contributed by atoms with van der Waals surface area (Å²) in [4.78, 5) is 4.11. The van der Waals surface area contributed by atoms with Crippen LogP contribution in [0.15, 0.2) is 36.8 Å². The minimum Gasteiger partial charge on any atom is -0.349 e. The second kappa shape index (κ2) is 7.05. The molecule has 0 aliphatic rings. The Morgan fingerprint density at radius 2 is 2.19 bits per heavy atom. The molecule has 0 aromatic carbocycles. The molecule has 0 bridgehead atoms. The maximum atomic E-state index is 9.10. The summed E-state index contributed by atoms with van der Waals surface area (Å²) in [6.45, 7) is 8.20. The maximum Gasteiger partial charge on any atom is 0.145 e. The Hall–Kier alpha value is -2.12. The Labute approximate surface area is 126 Å². The van der Waals surface area contributed by atoms with E-state index in [-0.39, 0.29) is 0 Å². The van der Waals surface area contributed by atoms with Gasteiger partial charge in [0.05, 0.1) is 0 Å². The number of nitrogens with zero attached hydrogens (tertiary/aromatic N) is 3. The van der Waals surface area contributed by atoms with Crippen molar-refractivity contribution in [3.05, 3.63) is 53.6 Å². The third kappa shape index (κ3) is 3.71. The smallest absolute Gasteiger partial charge is 0.145 e. The minimum atomic E-state index is 0.362. The van der Waals surface area contributed by atoms with Crippen LogP contribution in [0.5, 0.6) is 0 Å². The molecule has 0 aliphatic carbocycles. The van der Waals surface area contributed by atoms with E-state index in [2.05, 4.69) is 60.2 Å². The van der Waals surface area contributed by atoms with Crippen molar-refractivity contribution >= 4 is 0 Å². The van der Waals surface area contributed by atoms with Gasteiger partial charge in [0.1, 0.15) is 11.8 Å². The van der Waals surface area contributed by atoms with Gasteiger partial charge in [0.15, 0.2) is 0 Å². The van der Waals surface area contributed by atoms with Gasteiger partial charge >= 0.3 is 0 Å². The van der Waals surface area contributed by atoms with Crippen LogP contribution in [0.4, 0.5) is 0 Å². The van der Waals surface area contributed by atoms with Gasteiger partial charge in [-0.15, -0.1) is 0 Å². The van der Waals surface area contributed by atoms with Crippen molar-refractivity contribution in [2.45, 2.75) is 33.4 Å². The van der Waals surface area contributed by atoms with Gasteiger partial charge in [0, 0.05) is 36.7 Å². The van der Waals surface area contributed by atoms with Crippen molar-refractivity contribution in [2.24, 2.45) is 5.92 Å². The molecule has 0 amide bonds. The first-order valence-electron chi connectivity index (χ1n) is 7.38. The molecule has 4 heteroatoms. The van der Waals surface area contributed by atoms with Crippen molar-refractivity contribution in [1.82, 2.24) is 14.9 Å². The van der Waals surface area contributed by atoms with E-state index in [0.717, 1.165) is 12.1 Å². The summed E-state index contributed by atoms with van der Waals surface area (Å²) in [6, 6.07) is 8.48. The predicted octanol–water partition coefficient (Wildman–Crippen LogP) is 3.11. The molecule has 0 aliphatic heterocycles. The van der Waals surface area contributed by atoms with E-state index in [1.54, 1.807) is 6.20 Å². The summed E-state index contributed by atoms with van der Waals surface area (Å²) in [5, 5.41) is 12.6. The highest BCUT2D eigenvalue weighted by atomic mass is 15.0. The van der Waals surface area contributed by atoms with Crippen LogP contribution in [0, 0.1) is 17.2 Å². The summed E-state index contributed by atoms with van der Waals surface area (Å²) < 4.78 is 2.11. The number of hydrogen-bond donors (Lipinski definition) is 1. The molecule has 0 radical (unpaired) electrons. The third-order valence-corrected chi connectivity index (χ3v) is 3.57. The summed E-state index contributed by atoms with van der Waals surface area (Å²) >= 11 is 0. The molecule has 0 saturated heterocycles. The normalized spacial score (nSPS) is 12.3. The van der Waals surface area contributed by atoms with Gasteiger partial charge in [-0.2, -0.15) is 5.26 Å². The topological polar surface area (TPSA) is 53.6 Å². The van der Waals surface area contributed by atoms with Gasteiger partial charge in [0.2, 0.25) is 0 Å². The van der Waals surface area contributed by atoms with Gasteiger partial charge in [-0.25, -0.2) is 4.98 Å². The number of aromatic nitrogens is 2.